The monoisotopic (exact) mass is 280 g/mol. The molecule has 1 saturated carbocycles. The maximum absolute atomic E-state index is 12.8. The molecule has 3 fully saturated rings. The second kappa shape index (κ2) is 5.72. The van der Waals surface area contributed by atoms with Gasteiger partial charge in [-0.15, -0.1) is 0 Å². The number of carboxylic acid groups (broad SMARTS) is 1. The summed E-state index contributed by atoms with van der Waals surface area (Å²) in [6, 6.07) is -0.406. The third-order valence-electron chi connectivity index (χ3n) is 5.27. The zero-order valence-corrected chi connectivity index (χ0v) is 11.9. The van der Waals surface area contributed by atoms with Crippen molar-refractivity contribution < 1.29 is 14.7 Å². The van der Waals surface area contributed by atoms with Crippen LogP contribution in [0, 0.1) is 11.8 Å². The van der Waals surface area contributed by atoms with Gasteiger partial charge in [0.25, 0.3) is 0 Å². The van der Waals surface area contributed by atoms with Crippen molar-refractivity contribution in [3.8, 4) is 0 Å². The lowest BCUT2D eigenvalue weighted by molar-refractivity contribution is -0.152. The van der Waals surface area contributed by atoms with Crippen molar-refractivity contribution in [2.75, 3.05) is 13.1 Å². The van der Waals surface area contributed by atoms with E-state index in [2.05, 4.69) is 5.32 Å². The molecule has 3 unspecified atom stereocenters. The lowest BCUT2D eigenvalue weighted by atomic mass is 9.84. The second-order valence-corrected chi connectivity index (χ2v) is 6.49. The van der Waals surface area contributed by atoms with Crippen molar-refractivity contribution in [3.63, 3.8) is 0 Å². The summed E-state index contributed by atoms with van der Waals surface area (Å²) in [5, 5.41) is 12.7. The molecule has 4 atom stereocenters. The van der Waals surface area contributed by atoms with E-state index in [-0.39, 0.29) is 17.9 Å². The Labute approximate surface area is 119 Å². The Balaban J connectivity index is 1.79. The molecule has 0 bridgehead atoms. The Morgan fingerprint density at radius 3 is 2.60 bits per heavy atom. The summed E-state index contributed by atoms with van der Waals surface area (Å²) < 4.78 is 0. The van der Waals surface area contributed by atoms with Crippen LogP contribution in [0.4, 0.5) is 0 Å². The lowest BCUT2D eigenvalue weighted by Gasteiger charge is -2.36. The second-order valence-electron chi connectivity index (χ2n) is 6.49. The van der Waals surface area contributed by atoms with Crippen LogP contribution >= 0.6 is 0 Å². The Bertz CT molecular complexity index is 393. The van der Waals surface area contributed by atoms with Crippen LogP contribution in [0.1, 0.15) is 44.9 Å². The molecule has 2 heterocycles. The van der Waals surface area contributed by atoms with E-state index in [1.807, 2.05) is 0 Å². The van der Waals surface area contributed by atoms with Crippen molar-refractivity contribution in [3.05, 3.63) is 0 Å². The number of carbonyl (C=O) groups is 2. The van der Waals surface area contributed by atoms with E-state index in [1.54, 1.807) is 4.90 Å². The van der Waals surface area contributed by atoms with Gasteiger partial charge in [-0.2, -0.15) is 0 Å². The Kier molecular flexibility index (Phi) is 3.96. The average molecular weight is 280 g/mol. The topological polar surface area (TPSA) is 69.6 Å². The van der Waals surface area contributed by atoms with Crippen LogP contribution < -0.4 is 5.32 Å². The minimum absolute atomic E-state index is 0.0220. The highest BCUT2D eigenvalue weighted by atomic mass is 16.4. The van der Waals surface area contributed by atoms with Crippen molar-refractivity contribution in [1.82, 2.24) is 10.2 Å². The van der Waals surface area contributed by atoms with Crippen molar-refractivity contribution in [1.29, 1.82) is 0 Å². The number of fused-ring (bicyclic) bond motifs is 1. The summed E-state index contributed by atoms with van der Waals surface area (Å²) in [7, 11) is 0. The van der Waals surface area contributed by atoms with Gasteiger partial charge in [0.15, 0.2) is 0 Å². The maximum atomic E-state index is 12.8. The molecule has 1 aliphatic carbocycles. The van der Waals surface area contributed by atoms with Gasteiger partial charge in [-0.3, -0.25) is 4.79 Å². The molecular weight excluding hydrogens is 256 g/mol. The van der Waals surface area contributed by atoms with E-state index in [9.17, 15) is 14.7 Å². The summed E-state index contributed by atoms with van der Waals surface area (Å²) in [6.07, 6.45) is 6.94. The van der Waals surface area contributed by atoms with Crippen molar-refractivity contribution in [2.45, 2.75) is 57.0 Å². The van der Waals surface area contributed by atoms with Crippen LogP contribution in [-0.4, -0.2) is 47.1 Å². The molecule has 0 aromatic rings. The molecular formula is C15H24N2O3. The molecule has 3 rings (SSSR count). The van der Waals surface area contributed by atoms with Gasteiger partial charge < -0.3 is 15.3 Å². The Morgan fingerprint density at radius 1 is 1.10 bits per heavy atom. The first-order chi connectivity index (χ1) is 9.68. The average Bonchev–Trinajstić information content (AvgIpc) is 2.87. The fourth-order valence-corrected chi connectivity index (χ4v) is 4.27. The third kappa shape index (κ3) is 2.43. The lowest BCUT2D eigenvalue weighted by Crippen LogP contribution is -2.51. The third-order valence-corrected chi connectivity index (χ3v) is 5.27. The molecule has 2 N–H and O–H groups in total. The number of rotatable bonds is 2. The van der Waals surface area contributed by atoms with E-state index < -0.39 is 12.0 Å². The number of amides is 1. The minimum atomic E-state index is -0.823. The number of piperidine rings is 1. The number of nitrogens with one attached hydrogen (secondary N) is 1. The molecule has 2 saturated heterocycles. The molecule has 0 radical (unpaired) electrons. The minimum Gasteiger partial charge on any atom is -0.480 e. The molecule has 2 aliphatic heterocycles. The van der Waals surface area contributed by atoms with Gasteiger partial charge in [0.05, 0.1) is 5.92 Å². The quantitative estimate of drug-likeness (QED) is 0.798. The largest absolute Gasteiger partial charge is 0.480 e. The molecule has 3 aliphatic rings. The highest BCUT2D eigenvalue weighted by Crippen LogP contribution is 2.40. The van der Waals surface area contributed by atoms with E-state index >= 15 is 0 Å². The fraction of sp³-hybridized carbons (Fsp3) is 0.867. The number of likely N-dealkylation sites (tertiary alicyclic amines) is 1. The Morgan fingerprint density at radius 2 is 1.90 bits per heavy atom. The van der Waals surface area contributed by atoms with Gasteiger partial charge in [0.1, 0.15) is 6.04 Å². The number of carbonyl (C=O) groups excluding carboxylic acids is 1. The van der Waals surface area contributed by atoms with Crippen LogP contribution in [0.2, 0.25) is 0 Å². The maximum Gasteiger partial charge on any atom is 0.326 e. The summed E-state index contributed by atoms with van der Waals surface area (Å²) in [6.45, 7) is 1.68. The zero-order valence-electron chi connectivity index (χ0n) is 11.9. The highest BCUT2D eigenvalue weighted by Gasteiger charge is 2.48. The van der Waals surface area contributed by atoms with E-state index in [1.165, 1.54) is 6.42 Å². The van der Waals surface area contributed by atoms with Crippen LogP contribution in [0.15, 0.2) is 0 Å². The smallest absolute Gasteiger partial charge is 0.326 e. The number of nitrogens with zero attached hydrogens (tertiary/aromatic N) is 1. The van der Waals surface area contributed by atoms with Crippen LogP contribution in [0.3, 0.4) is 0 Å². The zero-order chi connectivity index (χ0) is 14.1. The van der Waals surface area contributed by atoms with Gasteiger partial charge in [-0.25, -0.2) is 4.79 Å². The summed E-state index contributed by atoms with van der Waals surface area (Å²) in [5.41, 5.74) is 0. The fourth-order valence-electron chi connectivity index (χ4n) is 4.27. The molecule has 20 heavy (non-hydrogen) atoms. The van der Waals surface area contributed by atoms with Gasteiger partial charge in [-0.05, 0) is 44.6 Å². The first-order valence-corrected chi connectivity index (χ1v) is 7.94. The number of hydrogen-bond donors (Lipinski definition) is 2. The van der Waals surface area contributed by atoms with E-state index in [0.29, 0.717) is 18.9 Å². The van der Waals surface area contributed by atoms with Gasteiger partial charge in [-0.1, -0.05) is 12.8 Å². The predicted octanol–water partition coefficient (Wildman–Crippen LogP) is 1.23. The number of carboxylic acids is 1. The first kappa shape index (κ1) is 13.9. The Hall–Kier alpha value is -1.10. The van der Waals surface area contributed by atoms with Crippen LogP contribution in [0.25, 0.3) is 0 Å². The molecule has 112 valence electrons. The standard InChI is InChI=1S/C15H24N2O3/c18-14(11-5-3-7-16-9-11)17-12-6-2-1-4-10(12)8-13(17)15(19)20/h10-13,16H,1-9H2,(H,19,20)/t10?,11-,12?,13?/m1/s1. The molecule has 0 spiro atoms. The normalized spacial score (nSPS) is 37.5. The van der Waals surface area contributed by atoms with Crippen molar-refractivity contribution >= 4 is 11.9 Å². The van der Waals surface area contributed by atoms with Crippen molar-refractivity contribution in [2.24, 2.45) is 11.8 Å². The van der Waals surface area contributed by atoms with Crippen LogP contribution in [0.5, 0.6) is 0 Å². The first-order valence-electron chi connectivity index (χ1n) is 7.94. The number of aliphatic carboxylic acids is 1. The van der Waals surface area contributed by atoms with E-state index in [0.717, 1.165) is 38.6 Å². The highest BCUT2D eigenvalue weighted by molar-refractivity contribution is 5.86. The molecule has 0 aromatic heterocycles. The van der Waals surface area contributed by atoms with Crippen LogP contribution in [-0.2, 0) is 9.59 Å². The molecule has 0 aromatic carbocycles. The number of hydrogen-bond acceptors (Lipinski definition) is 3. The summed E-state index contributed by atoms with van der Waals surface area (Å²) in [4.78, 5) is 26.1. The van der Waals surface area contributed by atoms with Gasteiger partial charge >= 0.3 is 5.97 Å². The molecule has 1 amide bonds. The SMILES string of the molecule is O=C(O)C1CC2CCCCC2N1C(=O)[C@@H]1CCCNC1. The van der Waals surface area contributed by atoms with E-state index in [4.69, 9.17) is 0 Å². The van der Waals surface area contributed by atoms with Gasteiger partial charge in [0, 0.05) is 12.6 Å². The van der Waals surface area contributed by atoms with Gasteiger partial charge in [0.2, 0.25) is 5.91 Å². The molecule has 5 heteroatoms. The summed E-state index contributed by atoms with van der Waals surface area (Å²) in [5.74, 6) is -0.354. The molecule has 5 nitrogen and oxygen atoms in total. The summed E-state index contributed by atoms with van der Waals surface area (Å²) >= 11 is 0. The predicted molar refractivity (Wildman–Crippen MR) is 74.2 cm³/mol.